The van der Waals surface area contributed by atoms with Gasteiger partial charge in [0.25, 0.3) is 5.91 Å². The number of hydrogen-bond donors (Lipinski definition) is 2. The zero-order chi connectivity index (χ0) is 19.0. The van der Waals surface area contributed by atoms with E-state index < -0.39 is 11.8 Å². The van der Waals surface area contributed by atoms with Gasteiger partial charge in [0.05, 0.1) is 17.6 Å². The second-order valence-corrected chi connectivity index (χ2v) is 7.59. The Bertz CT molecular complexity index is 878. The molecule has 0 unspecified atom stereocenters. The van der Waals surface area contributed by atoms with Crippen LogP contribution < -0.4 is 5.32 Å². The number of hydrogen-bond acceptors (Lipinski definition) is 4. The third-order valence-corrected chi connectivity index (χ3v) is 5.41. The van der Waals surface area contributed by atoms with Crippen molar-refractivity contribution < 1.29 is 19.1 Å². The zero-order valence-electron chi connectivity index (χ0n) is 14.9. The molecule has 0 bridgehead atoms. The quantitative estimate of drug-likeness (QED) is 0.781. The molecule has 2 aliphatic rings. The van der Waals surface area contributed by atoms with Gasteiger partial charge in [-0.05, 0) is 49.8 Å². The van der Waals surface area contributed by atoms with Crippen LogP contribution in [0.25, 0.3) is 10.9 Å². The van der Waals surface area contributed by atoms with E-state index in [9.17, 15) is 14.0 Å². The van der Waals surface area contributed by atoms with Crippen LogP contribution in [0, 0.1) is 11.7 Å². The molecule has 1 amide bonds. The molecule has 1 heterocycles. The fourth-order valence-corrected chi connectivity index (χ4v) is 3.74. The molecule has 0 atom stereocenters. The summed E-state index contributed by atoms with van der Waals surface area (Å²) in [6.45, 7) is 0.858. The van der Waals surface area contributed by atoms with E-state index in [4.69, 9.17) is 5.11 Å². The van der Waals surface area contributed by atoms with E-state index >= 15 is 0 Å². The molecule has 6 nitrogen and oxygen atoms in total. The van der Waals surface area contributed by atoms with Crippen LogP contribution in [0.1, 0.15) is 36.0 Å². The van der Waals surface area contributed by atoms with E-state index in [0.29, 0.717) is 29.7 Å². The van der Waals surface area contributed by atoms with Gasteiger partial charge in [0.15, 0.2) is 0 Å². The third kappa shape index (κ3) is 4.08. The largest absolute Gasteiger partial charge is 0.480 e. The van der Waals surface area contributed by atoms with Crippen LogP contribution in [-0.2, 0) is 4.79 Å². The van der Waals surface area contributed by atoms with Crippen molar-refractivity contribution >= 4 is 22.8 Å². The van der Waals surface area contributed by atoms with Gasteiger partial charge in [-0.15, -0.1) is 0 Å². The van der Waals surface area contributed by atoms with E-state index in [0.717, 1.165) is 6.54 Å². The molecule has 27 heavy (non-hydrogen) atoms. The highest BCUT2D eigenvalue weighted by molar-refractivity contribution is 6.05. The Hall–Kier alpha value is -2.54. The van der Waals surface area contributed by atoms with Crippen LogP contribution >= 0.6 is 0 Å². The van der Waals surface area contributed by atoms with Gasteiger partial charge in [-0.1, -0.05) is 6.07 Å². The SMILES string of the molecule is O=C(O)CN(CC1CC1)C1CC(NC(=O)c2cc(F)cc3cccnc23)C1. The molecule has 0 saturated heterocycles. The predicted octanol–water partition coefficient (Wildman–Crippen LogP) is 2.43. The van der Waals surface area contributed by atoms with Crippen molar-refractivity contribution in [3.8, 4) is 0 Å². The number of nitrogens with one attached hydrogen (secondary N) is 1. The van der Waals surface area contributed by atoms with Crippen LogP contribution in [0.15, 0.2) is 30.5 Å². The summed E-state index contributed by atoms with van der Waals surface area (Å²) in [6, 6.07) is 6.15. The molecule has 2 aromatic rings. The molecule has 142 valence electrons. The summed E-state index contributed by atoms with van der Waals surface area (Å²) < 4.78 is 13.8. The molecule has 1 aromatic heterocycles. The summed E-state index contributed by atoms with van der Waals surface area (Å²) in [5.41, 5.74) is 0.711. The summed E-state index contributed by atoms with van der Waals surface area (Å²) in [7, 11) is 0. The number of fused-ring (bicyclic) bond motifs is 1. The van der Waals surface area contributed by atoms with Gasteiger partial charge in [0.1, 0.15) is 5.82 Å². The number of carbonyl (C=O) groups excluding carboxylic acids is 1. The van der Waals surface area contributed by atoms with Crippen molar-refractivity contribution in [1.29, 1.82) is 0 Å². The minimum absolute atomic E-state index is 0.0278. The van der Waals surface area contributed by atoms with Crippen molar-refractivity contribution in [3.63, 3.8) is 0 Å². The Balaban J connectivity index is 1.39. The molecule has 4 rings (SSSR count). The zero-order valence-corrected chi connectivity index (χ0v) is 14.9. The van der Waals surface area contributed by atoms with Gasteiger partial charge in [0, 0.05) is 30.2 Å². The molecule has 0 aliphatic heterocycles. The maximum Gasteiger partial charge on any atom is 0.317 e. The number of rotatable bonds is 7. The van der Waals surface area contributed by atoms with Gasteiger partial charge in [-0.25, -0.2) is 4.39 Å². The Kier molecular flexibility index (Phi) is 4.78. The first-order valence-electron chi connectivity index (χ1n) is 9.30. The molecular weight excluding hydrogens is 349 g/mol. The molecule has 7 heteroatoms. The van der Waals surface area contributed by atoms with Gasteiger partial charge in [-0.2, -0.15) is 0 Å². The smallest absolute Gasteiger partial charge is 0.317 e. The van der Waals surface area contributed by atoms with Crippen molar-refractivity contribution in [3.05, 3.63) is 41.8 Å². The normalized spacial score (nSPS) is 21.9. The highest BCUT2D eigenvalue weighted by atomic mass is 19.1. The minimum atomic E-state index is -0.819. The summed E-state index contributed by atoms with van der Waals surface area (Å²) in [4.78, 5) is 30.0. The first-order chi connectivity index (χ1) is 13.0. The Morgan fingerprint density at radius 1 is 1.30 bits per heavy atom. The van der Waals surface area contributed by atoms with E-state index in [1.165, 1.54) is 25.0 Å². The van der Waals surface area contributed by atoms with E-state index in [1.54, 1.807) is 18.3 Å². The fourth-order valence-electron chi connectivity index (χ4n) is 3.74. The highest BCUT2D eigenvalue weighted by Crippen LogP contribution is 2.34. The second-order valence-electron chi connectivity index (χ2n) is 7.59. The maximum absolute atomic E-state index is 13.8. The summed E-state index contributed by atoms with van der Waals surface area (Å²) in [5, 5.41) is 12.6. The molecule has 1 aromatic carbocycles. The lowest BCUT2D eigenvalue weighted by atomic mass is 9.85. The lowest BCUT2D eigenvalue weighted by molar-refractivity contribution is -0.139. The van der Waals surface area contributed by atoms with Gasteiger partial charge >= 0.3 is 5.97 Å². The number of carboxylic acid groups (broad SMARTS) is 1. The van der Waals surface area contributed by atoms with Crippen LogP contribution in [0.5, 0.6) is 0 Å². The molecule has 0 spiro atoms. The molecule has 2 saturated carbocycles. The monoisotopic (exact) mass is 371 g/mol. The summed E-state index contributed by atoms with van der Waals surface area (Å²) in [6.07, 6.45) is 5.35. The van der Waals surface area contributed by atoms with Gasteiger partial charge in [0.2, 0.25) is 0 Å². The fraction of sp³-hybridized carbons (Fsp3) is 0.450. The summed E-state index contributed by atoms with van der Waals surface area (Å²) >= 11 is 0. The van der Waals surface area contributed by atoms with Crippen molar-refractivity contribution in [2.24, 2.45) is 5.92 Å². The first kappa shape index (κ1) is 17.9. The number of carbonyl (C=O) groups is 2. The number of aromatic nitrogens is 1. The lowest BCUT2D eigenvalue weighted by Gasteiger charge is -2.42. The standard InChI is InChI=1S/C20H22FN3O3/c21-14-6-13-2-1-5-22-19(13)17(7-14)20(27)23-15-8-16(9-15)24(11-18(25)26)10-12-3-4-12/h1-2,5-7,12,15-16H,3-4,8-11H2,(H,23,27)(H,25,26). The third-order valence-electron chi connectivity index (χ3n) is 5.41. The predicted molar refractivity (Wildman–Crippen MR) is 97.9 cm³/mol. The number of nitrogens with zero attached hydrogens (tertiary/aromatic N) is 2. The van der Waals surface area contributed by atoms with Crippen LogP contribution in [-0.4, -0.2) is 52.0 Å². The van der Waals surface area contributed by atoms with Crippen molar-refractivity contribution in [1.82, 2.24) is 15.2 Å². The van der Waals surface area contributed by atoms with Crippen LogP contribution in [0.3, 0.4) is 0 Å². The van der Waals surface area contributed by atoms with E-state index in [-0.39, 0.29) is 30.1 Å². The Morgan fingerprint density at radius 3 is 2.78 bits per heavy atom. The Morgan fingerprint density at radius 2 is 2.07 bits per heavy atom. The molecule has 2 fully saturated rings. The van der Waals surface area contributed by atoms with E-state index in [1.807, 2.05) is 4.90 Å². The number of pyridine rings is 1. The minimum Gasteiger partial charge on any atom is -0.480 e. The number of aliphatic carboxylic acids is 1. The Labute approximate surface area is 156 Å². The van der Waals surface area contributed by atoms with Gasteiger partial charge in [-0.3, -0.25) is 19.5 Å². The number of carboxylic acids is 1. The number of halogens is 1. The lowest BCUT2D eigenvalue weighted by Crippen LogP contribution is -2.55. The number of amides is 1. The molecule has 2 aliphatic carbocycles. The van der Waals surface area contributed by atoms with E-state index in [2.05, 4.69) is 10.3 Å². The molecular formula is C20H22FN3O3. The topological polar surface area (TPSA) is 82.5 Å². The van der Waals surface area contributed by atoms with Crippen LogP contribution in [0.2, 0.25) is 0 Å². The second kappa shape index (κ2) is 7.23. The average Bonchev–Trinajstić information content (AvgIpc) is 3.39. The average molecular weight is 371 g/mol. The first-order valence-corrected chi connectivity index (χ1v) is 9.30. The number of benzene rings is 1. The maximum atomic E-state index is 13.8. The highest BCUT2D eigenvalue weighted by Gasteiger charge is 2.38. The van der Waals surface area contributed by atoms with Crippen molar-refractivity contribution in [2.45, 2.75) is 37.8 Å². The molecule has 2 N–H and O–H groups in total. The van der Waals surface area contributed by atoms with Crippen molar-refractivity contribution in [2.75, 3.05) is 13.1 Å². The summed E-state index contributed by atoms with van der Waals surface area (Å²) in [5.74, 6) is -1.01. The van der Waals surface area contributed by atoms with Crippen LogP contribution in [0.4, 0.5) is 4.39 Å². The molecule has 0 radical (unpaired) electrons. The van der Waals surface area contributed by atoms with Gasteiger partial charge < -0.3 is 10.4 Å².